The van der Waals surface area contributed by atoms with Crippen molar-refractivity contribution in [1.29, 1.82) is 0 Å². The molecule has 0 heterocycles. The predicted octanol–water partition coefficient (Wildman–Crippen LogP) is 4.22. The second-order valence-electron chi connectivity index (χ2n) is 7.73. The minimum absolute atomic E-state index is 0.398. The number of hydrogen-bond donors (Lipinski definition) is 2. The summed E-state index contributed by atoms with van der Waals surface area (Å²) in [7, 11) is 0. The Morgan fingerprint density at radius 1 is 1.14 bits per heavy atom. The number of benzene rings is 1. The summed E-state index contributed by atoms with van der Waals surface area (Å²) in [5.41, 5.74) is 1.91. The van der Waals surface area contributed by atoms with Crippen LogP contribution in [0.1, 0.15) is 70.8 Å². The van der Waals surface area contributed by atoms with Crippen LogP contribution in [0, 0.1) is 0 Å². The molecule has 22 heavy (non-hydrogen) atoms. The predicted molar refractivity (Wildman–Crippen MR) is 94.3 cm³/mol. The average molecular weight is 300 g/mol. The zero-order valence-electron chi connectivity index (χ0n) is 14.4. The molecule has 122 valence electrons. The van der Waals surface area contributed by atoms with Gasteiger partial charge in [-0.1, -0.05) is 51.1 Å². The molecule has 3 rings (SSSR count). The van der Waals surface area contributed by atoms with Crippen LogP contribution in [0.3, 0.4) is 0 Å². The summed E-state index contributed by atoms with van der Waals surface area (Å²) in [6, 6.07) is 13.0. The maximum Gasteiger partial charge on any atom is 0.0182 e. The van der Waals surface area contributed by atoms with E-state index in [0.29, 0.717) is 11.6 Å². The van der Waals surface area contributed by atoms with Gasteiger partial charge >= 0.3 is 0 Å². The molecule has 0 aliphatic heterocycles. The Hall–Kier alpha value is -0.860. The summed E-state index contributed by atoms with van der Waals surface area (Å²) < 4.78 is 0. The molecular formula is C20H32N2. The Labute approximate surface area is 136 Å². The van der Waals surface area contributed by atoms with Gasteiger partial charge in [0.1, 0.15) is 0 Å². The minimum Gasteiger partial charge on any atom is -0.311 e. The number of nitrogens with one attached hydrogen (secondary N) is 2. The van der Waals surface area contributed by atoms with Crippen LogP contribution < -0.4 is 10.6 Å². The van der Waals surface area contributed by atoms with E-state index >= 15 is 0 Å². The molecule has 2 atom stereocenters. The Morgan fingerprint density at radius 2 is 1.82 bits per heavy atom. The number of rotatable bonds is 6. The molecule has 0 amide bonds. The fraction of sp³-hybridized carbons (Fsp3) is 0.700. The maximum absolute atomic E-state index is 3.93. The van der Waals surface area contributed by atoms with Gasteiger partial charge in [0.2, 0.25) is 0 Å². The van der Waals surface area contributed by atoms with Crippen LogP contribution in [0.2, 0.25) is 0 Å². The van der Waals surface area contributed by atoms with Crippen molar-refractivity contribution < 1.29 is 0 Å². The Morgan fingerprint density at radius 3 is 2.41 bits per heavy atom. The quantitative estimate of drug-likeness (QED) is 0.822. The molecule has 0 saturated heterocycles. The van der Waals surface area contributed by atoms with E-state index in [-0.39, 0.29) is 0 Å². The second-order valence-corrected chi connectivity index (χ2v) is 7.73. The first kappa shape index (κ1) is 16.0. The summed E-state index contributed by atoms with van der Waals surface area (Å²) >= 11 is 0. The smallest absolute Gasteiger partial charge is 0.0182 e. The van der Waals surface area contributed by atoms with Gasteiger partial charge in [-0.3, -0.25) is 0 Å². The Kier molecular flexibility index (Phi) is 4.89. The van der Waals surface area contributed by atoms with Gasteiger partial charge in [0.25, 0.3) is 0 Å². The molecule has 2 aliphatic carbocycles. The second kappa shape index (κ2) is 6.72. The van der Waals surface area contributed by atoms with Crippen molar-refractivity contribution in [1.82, 2.24) is 10.6 Å². The van der Waals surface area contributed by atoms with Crippen molar-refractivity contribution in [3.8, 4) is 0 Å². The summed E-state index contributed by atoms with van der Waals surface area (Å²) in [6.07, 6.45) is 7.87. The third-order valence-corrected chi connectivity index (χ3v) is 5.68. The van der Waals surface area contributed by atoms with E-state index in [4.69, 9.17) is 0 Å². The molecule has 2 heteroatoms. The highest BCUT2D eigenvalue weighted by Crippen LogP contribution is 2.42. The highest BCUT2D eigenvalue weighted by molar-refractivity contribution is 5.27. The molecule has 2 N–H and O–H groups in total. The molecule has 1 aromatic carbocycles. The molecular weight excluding hydrogens is 268 g/mol. The van der Waals surface area contributed by atoms with Crippen LogP contribution in [0.4, 0.5) is 0 Å². The van der Waals surface area contributed by atoms with Crippen molar-refractivity contribution in [2.45, 2.75) is 88.9 Å². The summed E-state index contributed by atoms with van der Waals surface area (Å²) in [5, 5.41) is 7.77. The lowest BCUT2D eigenvalue weighted by molar-refractivity contribution is 0.181. The van der Waals surface area contributed by atoms with Gasteiger partial charge in [0.05, 0.1) is 0 Å². The maximum atomic E-state index is 3.93. The fourth-order valence-corrected chi connectivity index (χ4v) is 4.30. The van der Waals surface area contributed by atoms with Crippen molar-refractivity contribution in [3.05, 3.63) is 35.9 Å². The molecule has 0 radical (unpaired) electrons. The van der Waals surface area contributed by atoms with E-state index in [1.165, 1.54) is 44.1 Å². The monoisotopic (exact) mass is 300 g/mol. The normalized spacial score (nSPS) is 34.8. The molecule has 2 nitrogen and oxygen atoms in total. The average Bonchev–Trinajstić information content (AvgIpc) is 3.29. The molecule has 2 aliphatic rings. The molecule has 2 saturated carbocycles. The third kappa shape index (κ3) is 3.72. The fourth-order valence-electron chi connectivity index (χ4n) is 4.30. The van der Waals surface area contributed by atoms with Gasteiger partial charge < -0.3 is 10.6 Å². The van der Waals surface area contributed by atoms with Crippen molar-refractivity contribution in [2.24, 2.45) is 0 Å². The molecule has 1 aromatic rings. The summed E-state index contributed by atoms with van der Waals surface area (Å²) in [6.45, 7) is 6.89. The Bertz CT molecular complexity index is 460. The summed E-state index contributed by atoms with van der Waals surface area (Å²) in [4.78, 5) is 0. The molecule has 2 fully saturated rings. The van der Waals surface area contributed by atoms with E-state index < -0.39 is 0 Å². The van der Waals surface area contributed by atoms with Crippen molar-refractivity contribution in [2.75, 3.05) is 0 Å². The van der Waals surface area contributed by atoms with E-state index in [1.54, 1.807) is 0 Å². The van der Waals surface area contributed by atoms with Crippen LogP contribution in [0.5, 0.6) is 0 Å². The van der Waals surface area contributed by atoms with Gasteiger partial charge in [-0.25, -0.2) is 0 Å². The third-order valence-electron chi connectivity index (χ3n) is 5.68. The molecule has 0 unspecified atom stereocenters. The van der Waals surface area contributed by atoms with Crippen LogP contribution in [0.15, 0.2) is 30.3 Å². The van der Waals surface area contributed by atoms with E-state index in [1.807, 2.05) is 0 Å². The zero-order chi connectivity index (χ0) is 15.6. The highest BCUT2D eigenvalue weighted by Gasteiger charge is 2.41. The molecule has 0 aromatic heterocycles. The SMILES string of the molecule is CC[C@]1(NC(C)C)CC[C@H](N[C@H]2C[C@@H]2c2ccccc2)CC1. The first-order valence-corrected chi connectivity index (χ1v) is 9.20. The van der Waals surface area contributed by atoms with Crippen LogP contribution in [0.25, 0.3) is 0 Å². The van der Waals surface area contributed by atoms with Gasteiger partial charge in [-0.15, -0.1) is 0 Å². The van der Waals surface area contributed by atoms with Gasteiger partial charge in [-0.05, 0) is 44.1 Å². The van der Waals surface area contributed by atoms with Gasteiger partial charge in [-0.2, -0.15) is 0 Å². The van der Waals surface area contributed by atoms with Crippen LogP contribution >= 0.6 is 0 Å². The zero-order valence-corrected chi connectivity index (χ0v) is 14.4. The minimum atomic E-state index is 0.398. The standard InChI is InChI=1S/C20H32N2/c1-4-20(22-15(2)3)12-10-17(11-13-20)21-19-14-18(19)16-8-6-5-7-9-16/h5-9,15,17-19,21-22H,4,10-14H2,1-3H3/t17-,18-,19+,20-/m1/s1. The van der Waals surface area contributed by atoms with Crippen molar-refractivity contribution in [3.63, 3.8) is 0 Å². The Balaban J connectivity index is 1.47. The lowest BCUT2D eigenvalue weighted by Gasteiger charge is -2.42. The molecule has 0 bridgehead atoms. The molecule has 0 spiro atoms. The topological polar surface area (TPSA) is 24.1 Å². The van der Waals surface area contributed by atoms with Gasteiger partial charge in [0.15, 0.2) is 0 Å². The first-order valence-electron chi connectivity index (χ1n) is 9.20. The van der Waals surface area contributed by atoms with Crippen LogP contribution in [-0.4, -0.2) is 23.7 Å². The lowest BCUT2D eigenvalue weighted by Crippen LogP contribution is -2.52. The largest absolute Gasteiger partial charge is 0.311 e. The van der Waals surface area contributed by atoms with E-state index in [0.717, 1.165) is 18.0 Å². The first-order chi connectivity index (χ1) is 10.6. The van der Waals surface area contributed by atoms with Crippen molar-refractivity contribution >= 4 is 0 Å². The van der Waals surface area contributed by atoms with E-state index in [9.17, 15) is 0 Å². The highest BCUT2D eigenvalue weighted by atomic mass is 15.0. The number of hydrogen-bond acceptors (Lipinski definition) is 2. The lowest BCUT2D eigenvalue weighted by atomic mass is 9.77. The summed E-state index contributed by atoms with van der Waals surface area (Å²) in [5.74, 6) is 0.757. The van der Waals surface area contributed by atoms with Gasteiger partial charge in [0, 0.05) is 29.6 Å². The van der Waals surface area contributed by atoms with Crippen LogP contribution in [-0.2, 0) is 0 Å². The van der Waals surface area contributed by atoms with E-state index in [2.05, 4.69) is 61.7 Å².